The van der Waals surface area contributed by atoms with E-state index in [9.17, 15) is 14.4 Å². The van der Waals surface area contributed by atoms with E-state index in [0.717, 1.165) is 31.5 Å². The Balaban J connectivity index is 1.76. The molecule has 0 bridgehead atoms. The number of piperidine rings is 1. The molecule has 0 aliphatic carbocycles. The van der Waals surface area contributed by atoms with Crippen LogP contribution in [0.5, 0.6) is 0 Å². The first-order chi connectivity index (χ1) is 11.4. The number of hydrogen-bond acceptors (Lipinski definition) is 4. The van der Waals surface area contributed by atoms with Gasteiger partial charge in [0.25, 0.3) is 5.91 Å². The first-order valence-corrected chi connectivity index (χ1v) is 8.24. The lowest BCUT2D eigenvalue weighted by Gasteiger charge is -2.30. The Morgan fingerprint density at radius 1 is 1.25 bits per heavy atom. The predicted octanol–water partition coefficient (Wildman–Crippen LogP) is 1.99. The summed E-state index contributed by atoms with van der Waals surface area (Å²) in [6.45, 7) is 4.84. The number of esters is 1. The number of nitrogens with zero attached hydrogens (tertiary/aromatic N) is 1. The van der Waals surface area contributed by atoms with Crippen LogP contribution in [0, 0.1) is 5.92 Å². The summed E-state index contributed by atoms with van der Waals surface area (Å²) in [4.78, 5) is 36.6. The normalized spacial score (nSPS) is 17.2. The smallest absolute Gasteiger partial charge is 0.310 e. The third-order valence-electron chi connectivity index (χ3n) is 3.99. The fraction of sp³-hybridized carbons (Fsp3) is 0.500. The summed E-state index contributed by atoms with van der Waals surface area (Å²) in [7, 11) is 0. The minimum atomic E-state index is -0.430. The van der Waals surface area contributed by atoms with Gasteiger partial charge in [-0.15, -0.1) is 0 Å². The van der Waals surface area contributed by atoms with Gasteiger partial charge in [-0.2, -0.15) is 0 Å². The van der Waals surface area contributed by atoms with Gasteiger partial charge in [-0.1, -0.05) is 19.1 Å². The lowest BCUT2D eigenvalue weighted by Crippen LogP contribution is -2.41. The van der Waals surface area contributed by atoms with E-state index in [1.54, 1.807) is 29.2 Å². The van der Waals surface area contributed by atoms with Crippen LogP contribution in [0.3, 0.4) is 0 Å². The fourth-order valence-corrected chi connectivity index (χ4v) is 2.78. The molecule has 1 saturated heterocycles. The molecule has 1 heterocycles. The van der Waals surface area contributed by atoms with Crippen LogP contribution in [-0.2, 0) is 25.5 Å². The van der Waals surface area contributed by atoms with Crippen LogP contribution < -0.4 is 5.32 Å². The van der Waals surface area contributed by atoms with E-state index < -0.39 is 5.97 Å². The van der Waals surface area contributed by atoms with Crippen molar-refractivity contribution in [3.63, 3.8) is 0 Å². The van der Waals surface area contributed by atoms with Crippen LogP contribution in [-0.4, -0.2) is 42.4 Å². The second kappa shape index (κ2) is 8.47. The van der Waals surface area contributed by atoms with E-state index >= 15 is 0 Å². The van der Waals surface area contributed by atoms with Crippen LogP contribution in [0.4, 0.5) is 5.69 Å². The van der Waals surface area contributed by atoms with Crippen molar-refractivity contribution in [1.82, 2.24) is 4.90 Å². The van der Waals surface area contributed by atoms with Crippen LogP contribution in [0.15, 0.2) is 24.3 Å². The Labute approximate surface area is 142 Å². The summed E-state index contributed by atoms with van der Waals surface area (Å²) in [5.74, 6) is -0.204. The molecular formula is C18H24N2O4. The van der Waals surface area contributed by atoms with E-state index in [1.807, 2.05) is 0 Å². The SMILES string of the molecule is CC(=O)Nc1ccc(CC(=O)OCC(=O)N2CCC[C@@H](C)C2)cc1. The molecule has 1 fully saturated rings. The van der Waals surface area contributed by atoms with Crippen molar-refractivity contribution in [3.8, 4) is 0 Å². The molecule has 1 aliphatic rings. The van der Waals surface area contributed by atoms with E-state index in [-0.39, 0.29) is 24.8 Å². The van der Waals surface area contributed by atoms with Gasteiger partial charge >= 0.3 is 5.97 Å². The highest BCUT2D eigenvalue weighted by molar-refractivity contribution is 5.88. The maximum atomic E-state index is 12.1. The van der Waals surface area contributed by atoms with Gasteiger partial charge in [0.1, 0.15) is 0 Å². The number of benzene rings is 1. The zero-order valence-electron chi connectivity index (χ0n) is 14.2. The highest BCUT2D eigenvalue weighted by Crippen LogP contribution is 2.15. The quantitative estimate of drug-likeness (QED) is 0.837. The van der Waals surface area contributed by atoms with Crippen molar-refractivity contribution in [2.45, 2.75) is 33.1 Å². The Morgan fingerprint density at radius 2 is 1.96 bits per heavy atom. The number of hydrogen-bond donors (Lipinski definition) is 1. The number of likely N-dealkylation sites (tertiary alicyclic amines) is 1. The number of anilines is 1. The van der Waals surface area contributed by atoms with Crippen molar-refractivity contribution in [2.75, 3.05) is 25.0 Å². The fourth-order valence-electron chi connectivity index (χ4n) is 2.78. The summed E-state index contributed by atoms with van der Waals surface area (Å²) in [5, 5.41) is 2.66. The number of ether oxygens (including phenoxy) is 1. The van der Waals surface area contributed by atoms with Gasteiger partial charge in [-0.3, -0.25) is 14.4 Å². The number of amides is 2. The number of nitrogens with one attached hydrogen (secondary N) is 1. The molecule has 0 radical (unpaired) electrons. The van der Waals surface area contributed by atoms with Crippen molar-refractivity contribution < 1.29 is 19.1 Å². The van der Waals surface area contributed by atoms with Gasteiger partial charge in [0.2, 0.25) is 5.91 Å². The van der Waals surface area contributed by atoms with Crippen LogP contribution in [0.2, 0.25) is 0 Å². The predicted molar refractivity (Wildman–Crippen MR) is 90.4 cm³/mol. The molecule has 1 atom stereocenters. The minimum Gasteiger partial charge on any atom is -0.455 e. The monoisotopic (exact) mass is 332 g/mol. The molecule has 0 saturated carbocycles. The second-order valence-corrected chi connectivity index (χ2v) is 6.30. The van der Waals surface area contributed by atoms with Crippen molar-refractivity contribution in [2.24, 2.45) is 5.92 Å². The van der Waals surface area contributed by atoms with Gasteiger partial charge in [0.15, 0.2) is 6.61 Å². The Kier molecular flexibility index (Phi) is 6.35. The average Bonchev–Trinajstić information content (AvgIpc) is 2.54. The molecule has 24 heavy (non-hydrogen) atoms. The Morgan fingerprint density at radius 3 is 2.58 bits per heavy atom. The van der Waals surface area contributed by atoms with Crippen LogP contribution in [0.1, 0.15) is 32.3 Å². The average molecular weight is 332 g/mol. The van der Waals surface area contributed by atoms with Crippen molar-refractivity contribution in [3.05, 3.63) is 29.8 Å². The van der Waals surface area contributed by atoms with Gasteiger partial charge in [-0.05, 0) is 36.5 Å². The molecule has 1 aromatic carbocycles. The molecule has 6 nitrogen and oxygen atoms in total. The molecule has 2 rings (SSSR count). The van der Waals surface area contributed by atoms with Gasteiger partial charge in [0, 0.05) is 25.7 Å². The molecule has 130 valence electrons. The zero-order chi connectivity index (χ0) is 17.5. The number of carbonyl (C=O) groups excluding carboxylic acids is 3. The largest absolute Gasteiger partial charge is 0.455 e. The number of carbonyl (C=O) groups is 3. The van der Waals surface area contributed by atoms with Gasteiger partial charge in [0.05, 0.1) is 6.42 Å². The summed E-state index contributed by atoms with van der Waals surface area (Å²) < 4.78 is 5.09. The van der Waals surface area contributed by atoms with Crippen molar-refractivity contribution >= 4 is 23.5 Å². The zero-order valence-corrected chi connectivity index (χ0v) is 14.2. The molecule has 0 aromatic heterocycles. The van der Waals surface area contributed by atoms with E-state index in [4.69, 9.17) is 4.74 Å². The summed E-state index contributed by atoms with van der Waals surface area (Å²) >= 11 is 0. The Hall–Kier alpha value is -2.37. The summed E-state index contributed by atoms with van der Waals surface area (Å²) in [6, 6.07) is 6.95. The first kappa shape index (κ1) is 18.0. The van der Waals surface area contributed by atoms with Gasteiger partial charge in [-0.25, -0.2) is 0 Å². The minimum absolute atomic E-state index is 0.101. The van der Waals surface area contributed by atoms with E-state index in [2.05, 4.69) is 12.2 Å². The van der Waals surface area contributed by atoms with Crippen molar-refractivity contribution in [1.29, 1.82) is 0 Å². The highest BCUT2D eigenvalue weighted by atomic mass is 16.5. The molecule has 0 spiro atoms. The molecule has 1 aliphatic heterocycles. The number of rotatable bonds is 5. The maximum absolute atomic E-state index is 12.1. The second-order valence-electron chi connectivity index (χ2n) is 6.30. The highest BCUT2D eigenvalue weighted by Gasteiger charge is 2.21. The first-order valence-electron chi connectivity index (χ1n) is 8.24. The maximum Gasteiger partial charge on any atom is 0.310 e. The van der Waals surface area contributed by atoms with Crippen LogP contribution >= 0.6 is 0 Å². The molecule has 0 unspecified atom stereocenters. The Bertz CT molecular complexity index is 598. The van der Waals surface area contributed by atoms with E-state index in [1.165, 1.54) is 6.92 Å². The van der Waals surface area contributed by atoms with Crippen LogP contribution in [0.25, 0.3) is 0 Å². The lowest BCUT2D eigenvalue weighted by atomic mass is 10.0. The third kappa shape index (κ3) is 5.68. The molecule has 1 aromatic rings. The van der Waals surface area contributed by atoms with Gasteiger partial charge < -0.3 is 15.0 Å². The summed E-state index contributed by atoms with van der Waals surface area (Å²) in [6.07, 6.45) is 2.24. The topological polar surface area (TPSA) is 75.7 Å². The molecule has 1 N–H and O–H groups in total. The lowest BCUT2D eigenvalue weighted by molar-refractivity contribution is -0.152. The van der Waals surface area contributed by atoms with E-state index in [0.29, 0.717) is 11.6 Å². The third-order valence-corrected chi connectivity index (χ3v) is 3.99. The molecular weight excluding hydrogens is 308 g/mol. The summed E-state index contributed by atoms with van der Waals surface area (Å²) in [5.41, 5.74) is 1.45. The molecule has 2 amide bonds. The molecule has 6 heteroatoms. The standard InChI is InChI=1S/C18H24N2O4/c1-13-4-3-9-20(11-13)17(22)12-24-18(23)10-15-5-7-16(8-6-15)19-14(2)21/h5-8,13H,3-4,9-12H2,1-2H3,(H,19,21)/t13-/m1/s1.